The normalized spacial score (nSPS) is 28.1. The minimum absolute atomic E-state index is 0.604. The molecule has 0 fully saturated rings. The molecule has 3 rings (SSSR count). The summed E-state index contributed by atoms with van der Waals surface area (Å²) >= 11 is 3.51. The van der Waals surface area contributed by atoms with Crippen LogP contribution in [0, 0.1) is 0 Å². The van der Waals surface area contributed by atoms with Gasteiger partial charge in [-0.25, -0.2) is 0 Å². The zero-order valence-electron chi connectivity index (χ0n) is 7.83. The molecule has 1 heterocycles. The molecule has 0 spiro atoms. The fraction of sp³-hybridized carbons (Fsp3) is 0.333. The van der Waals surface area contributed by atoms with Crippen LogP contribution in [0.2, 0.25) is 0 Å². The maximum absolute atomic E-state index is 3.60. The Morgan fingerprint density at radius 3 is 3.21 bits per heavy atom. The predicted molar refractivity (Wildman–Crippen MR) is 62.7 cm³/mol. The lowest BCUT2D eigenvalue weighted by atomic mass is 9.88. The van der Waals surface area contributed by atoms with Crippen LogP contribution in [0.15, 0.2) is 34.8 Å². The molecular formula is C12H12BrN. The van der Waals surface area contributed by atoms with Crippen molar-refractivity contribution in [1.82, 2.24) is 0 Å². The number of nitrogens with one attached hydrogen (secondary N) is 1. The third-order valence-electron chi connectivity index (χ3n) is 3.14. The SMILES string of the molecule is Brc1ccc2c(c1)NC1CCC=CC21. The molecular weight excluding hydrogens is 238 g/mol. The first-order valence-corrected chi connectivity index (χ1v) is 5.86. The molecule has 0 saturated heterocycles. The number of rotatable bonds is 0. The summed E-state index contributed by atoms with van der Waals surface area (Å²) in [6.45, 7) is 0. The van der Waals surface area contributed by atoms with Crippen LogP contribution in [-0.2, 0) is 0 Å². The molecule has 0 saturated carbocycles. The lowest BCUT2D eigenvalue weighted by Crippen LogP contribution is -2.21. The van der Waals surface area contributed by atoms with Crippen LogP contribution in [0.25, 0.3) is 0 Å². The summed E-state index contributed by atoms with van der Waals surface area (Å²) < 4.78 is 1.16. The van der Waals surface area contributed by atoms with Gasteiger partial charge in [0.1, 0.15) is 0 Å². The Balaban J connectivity index is 2.08. The number of fused-ring (bicyclic) bond motifs is 3. The first-order chi connectivity index (χ1) is 6.84. The van der Waals surface area contributed by atoms with Crippen molar-refractivity contribution < 1.29 is 0 Å². The molecule has 1 nitrogen and oxygen atoms in total. The van der Waals surface area contributed by atoms with E-state index in [0.717, 1.165) is 4.47 Å². The van der Waals surface area contributed by atoms with Gasteiger partial charge in [0, 0.05) is 22.1 Å². The average molecular weight is 250 g/mol. The summed E-state index contributed by atoms with van der Waals surface area (Å²) in [6.07, 6.45) is 7.12. The van der Waals surface area contributed by atoms with Crippen molar-refractivity contribution in [3.8, 4) is 0 Å². The molecule has 2 unspecified atom stereocenters. The highest BCUT2D eigenvalue weighted by molar-refractivity contribution is 9.10. The van der Waals surface area contributed by atoms with Crippen LogP contribution >= 0.6 is 15.9 Å². The highest BCUT2D eigenvalue weighted by atomic mass is 79.9. The van der Waals surface area contributed by atoms with E-state index in [-0.39, 0.29) is 0 Å². The zero-order chi connectivity index (χ0) is 9.54. The summed E-state index contributed by atoms with van der Waals surface area (Å²) in [5, 5.41) is 3.60. The van der Waals surface area contributed by atoms with Gasteiger partial charge in [-0.1, -0.05) is 34.1 Å². The number of benzene rings is 1. The molecule has 1 aromatic rings. The summed E-state index contributed by atoms with van der Waals surface area (Å²) in [5.74, 6) is 0.604. The molecule has 1 N–H and O–H groups in total. The number of allylic oxidation sites excluding steroid dienone is 1. The van der Waals surface area contributed by atoms with Crippen molar-refractivity contribution >= 4 is 21.6 Å². The van der Waals surface area contributed by atoms with E-state index in [0.29, 0.717) is 12.0 Å². The monoisotopic (exact) mass is 249 g/mol. The second-order valence-corrected chi connectivity index (χ2v) is 4.93. The Kier molecular flexibility index (Phi) is 1.91. The van der Waals surface area contributed by atoms with Crippen molar-refractivity contribution in [3.63, 3.8) is 0 Å². The molecule has 0 aromatic heterocycles. The Labute approximate surface area is 92.3 Å². The second kappa shape index (κ2) is 3.13. The standard InChI is InChI=1S/C12H12BrN/c13-8-5-6-10-9-3-1-2-4-11(9)14-12(10)7-8/h1,3,5-7,9,11,14H,2,4H2. The van der Waals surface area contributed by atoms with E-state index >= 15 is 0 Å². The van der Waals surface area contributed by atoms with Crippen LogP contribution < -0.4 is 5.32 Å². The van der Waals surface area contributed by atoms with E-state index in [1.807, 2.05) is 0 Å². The van der Waals surface area contributed by atoms with Crippen molar-refractivity contribution in [2.24, 2.45) is 0 Å². The van der Waals surface area contributed by atoms with Gasteiger partial charge in [0.25, 0.3) is 0 Å². The molecule has 2 aliphatic rings. The molecule has 0 radical (unpaired) electrons. The molecule has 14 heavy (non-hydrogen) atoms. The van der Waals surface area contributed by atoms with Crippen molar-refractivity contribution in [2.45, 2.75) is 24.8 Å². The quantitative estimate of drug-likeness (QED) is 0.692. The minimum atomic E-state index is 0.604. The van der Waals surface area contributed by atoms with Crippen LogP contribution in [0.3, 0.4) is 0 Å². The number of hydrogen-bond donors (Lipinski definition) is 1. The smallest absolute Gasteiger partial charge is 0.0393 e. The molecule has 2 atom stereocenters. The molecule has 2 heteroatoms. The first-order valence-electron chi connectivity index (χ1n) is 5.07. The topological polar surface area (TPSA) is 12.0 Å². The fourth-order valence-corrected chi connectivity index (χ4v) is 2.82. The van der Waals surface area contributed by atoms with Crippen LogP contribution in [-0.4, -0.2) is 6.04 Å². The van der Waals surface area contributed by atoms with E-state index in [1.165, 1.54) is 24.1 Å². The van der Waals surface area contributed by atoms with Gasteiger partial charge in [0.2, 0.25) is 0 Å². The van der Waals surface area contributed by atoms with Gasteiger partial charge in [0.05, 0.1) is 0 Å². The summed E-state index contributed by atoms with van der Waals surface area (Å²) in [7, 11) is 0. The maximum Gasteiger partial charge on any atom is 0.0393 e. The largest absolute Gasteiger partial charge is 0.381 e. The van der Waals surface area contributed by atoms with Gasteiger partial charge in [-0.15, -0.1) is 0 Å². The minimum Gasteiger partial charge on any atom is -0.381 e. The molecule has 0 bridgehead atoms. The summed E-state index contributed by atoms with van der Waals surface area (Å²) in [6, 6.07) is 7.17. The lowest BCUT2D eigenvalue weighted by Gasteiger charge is -2.20. The Morgan fingerprint density at radius 2 is 2.29 bits per heavy atom. The summed E-state index contributed by atoms with van der Waals surface area (Å²) in [5.41, 5.74) is 2.76. The fourth-order valence-electron chi connectivity index (χ4n) is 2.46. The van der Waals surface area contributed by atoms with Crippen molar-refractivity contribution in [2.75, 3.05) is 5.32 Å². The van der Waals surface area contributed by atoms with Gasteiger partial charge in [0.15, 0.2) is 0 Å². The van der Waals surface area contributed by atoms with Crippen LogP contribution in [0.5, 0.6) is 0 Å². The third-order valence-corrected chi connectivity index (χ3v) is 3.63. The predicted octanol–water partition coefficient (Wildman–Crippen LogP) is 3.68. The Morgan fingerprint density at radius 1 is 1.36 bits per heavy atom. The molecule has 0 amide bonds. The summed E-state index contributed by atoms with van der Waals surface area (Å²) in [4.78, 5) is 0. The highest BCUT2D eigenvalue weighted by Gasteiger charge is 2.31. The Bertz CT molecular complexity index is 397. The third kappa shape index (κ3) is 1.21. The van der Waals surface area contributed by atoms with Gasteiger partial charge in [-0.05, 0) is 30.5 Å². The van der Waals surface area contributed by atoms with Crippen molar-refractivity contribution in [1.29, 1.82) is 0 Å². The number of hydrogen-bond acceptors (Lipinski definition) is 1. The van der Waals surface area contributed by atoms with E-state index in [4.69, 9.17) is 0 Å². The van der Waals surface area contributed by atoms with Gasteiger partial charge in [-0.2, -0.15) is 0 Å². The maximum atomic E-state index is 3.60. The van der Waals surface area contributed by atoms with Gasteiger partial charge >= 0.3 is 0 Å². The van der Waals surface area contributed by atoms with Gasteiger partial charge in [-0.3, -0.25) is 0 Å². The first kappa shape index (κ1) is 8.54. The zero-order valence-corrected chi connectivity index (χ0v) is 9.42. The van der Waals surface area contributed by atoms with E-state index in [1.54, 1.807) is 0 Å². The van der Waals surface area contributed by atoms with E-state index in [2.05, 4.69) is 51.6 Å². The molecule has 1 aromatic carbocycles. The van der Waals surface area contributed by atoms with Crippen LogP contribution in [0.1, 0.15) is 24.3 Å². The number of anilines is 1. The second-order valence-electron chi connectivity index (χ2n) is 4.01. The highest BCUT2D eigenvalue weighted by Crippen LogP contribution is 2.41. The van der Waals surface area contributed by atoms with E-state index in [9.17, 15) is 0 Å². The Hall–Kier alpha value is -0.760. The number of halogens is 1. The van der Waals surface area contributed by atoms with Crippen LogP contribution in [0.4, 0.5) is 5.69 Å². The van der Waals surface area contributed by atoms with Crippen molar-refractivity contribution in [3.05, 3.63) is 40.4 Å². The average Bonchev–Trinajstić information content (AvgIpc) is 2.54. The van der Waals surface area contributed by atoms with E-state index < -0.39 is 0 Å². The lowest BCUT2D eigenvalue weighted by molar-refractivity contribution is 0.607. The molecule has 72 valence electrons. The van der Waals surface area contributed by atoms with Gasteiger partial charge < -0.3 is 5.32 Å². The molecule has 1 aliphatic carbocycles. The molecule has 1 aliphatic heterocycles.